The molecule has 4 rings (SSSR count). The third-order valence-electron chi connectivity index (χ3n) is 3.96. The average molecular weight is 291 g/mol. The lowest BCUT2D eigenvalue weighted by atomic mass is 10.2. The summed E-state index contributed by atoms with van der Waals surface area (Å²) in [5, 5.41) is 14.1. The van der Waals surface area contributed by atoms with Gasteiger partial charge in [-0.1, -0.05) is 30.3 Å². The quantitative estimate of drug-likeness (QED) is 0.797. The monoisotopic (exact) mass is 291 g/mol. The first-order chi connectivity index (χ1) is 10.8. The Labute approximate surface area is 129 Å². The maximum absolute atomic E-state index is 9.42. The van der Waals surface area contributed by atoms with Crippen molar-refractivity contribution in [3.05, 3.63) is 54.6 Å². The lowest BCUT2D eigenvalue weighted by Gasteiger charge is -2.04. The van der Waals surface area contributed by atoms with Gasteiger partial charge in [-0.15, -0.1) is 0 Å². The van der Waals surface area contributed by atoms with Crippen LogP contribution in [-0.2, 0) is 6.54 Å². The standard InChI is InChI=1S/C18H17N3O/c22-16-10-8-14(9-11-16)17-19-18(15-4-2-1-3-5-15)21(20-17)12-13-6-7-13/h1-5,8-11,13,22H,6-7,12H2. The van der Waals surface area contributed by atoms with E-state index in [1.54, 1.807) is 12.1 Å². The van der Waals surface area contributed by atoms with Gasteiger partial charge in [-0.2, -0.15) is 5.10 Å². The first-order valence-electron chi connectivity index (χ1n) is 7.59. The van der Waals surface area contributed by atoms with Crippen LogP contribution in [0.1, 0.15) is 12.8 Å². The van der Waals surface area contributed by atoms with Gasteiger partial charge in [-0.3, -0.25) is 0 Å². The van der Waals surface area contributed by atoms with Crippen molar-refractivity contribution in [3.63, 3.8) is 0 Å². The van der Waals surface area contributed by atoms with Crippen molar-refractivity contribution >= 4 is 0 Å². The second-order valence-corrected chi connectivity index (χ2v) is 5.80. The highest BCUT2D eigenvalue weighted by Crippen LogP contribution is 2.32. The van der Waals surface area contributed by atoms with E-state index in [0.29, 0.717) is 5.82 Å². The SMILES string of the molecule is Oc1ccc(-c2nc(-c3ccccc3)n(CC3CC3)n2)cc1. The van der Waals surface area contributed by atoms with E-state index in [9.17, 15) is 5.11 Å². The van der Waals surface area contributed by atoms with Crippen molar-refractivity contribution in [3.8, 4) is 28.5 Å². The third-order valence-corrected chi connectivity index (χ3v) is 3.96. The molecule has 1 aliphatic carbocycles. The molecule has 0 radical (unpaired) electrons. The molecular formula is C18H17N3O. The first-order valence-corrected chi connectivity index (χ1v) is 7.59. The second kappa shape index (κ2) is 5.30. The molecule has 0 spiro atoms. The van der Waals surface area contributed by atoms with E-state index in [2.05, 4.69) is 12.1 Å². The summed E-state index contributed by atoms with van der Waals surface area (Å²) in [6.07, 6.45) is 2.56. The highest BCUT2D eigenvalue weighted by Gasteiger charge is 2.24. The molecule has 0 saturated heterocycles. The number of phenols is 1. The average Bonchev–Trinajstić information content (AvgIpc) is 3.26. The molecule has 0 aliphatic heterocycles. The van der Waals surface area contributed by atoms with Gasteiger partial charge in [0.05, 0.1) is 0 Å². The molecule has 1 aliphatic rings. The van der Waals surface area contributed by atoms with Gasteiger partial charge >= 0.3 is 0 Å². The number of aromatic nitrogens is 3. The van der Waals surface area contributed by atoms with Gasteiger partial charge in [0.25, 0.3) is 0 Å². The minimum atomic E-state index is 0.254. The molecular weight excluding hydrogens is 274 g/mol. The van der Waals surface area contributed by atoms with Crippen LogP contribution in [0.25, 0.3) is 22.8 Å². The van der Waals surface area contributed by atoms with Crippen molar-refractivity contribution in [1.82, 2.24) is 14.8 Å². The van der Waals surface area contributed by atoms with Gasteiger partial charge in [0.2, 0.25) is 0 Å². The Balaban J connectivity index is 1.77. The third kappa shape index (κ3) is 2.60. The summed E-state index contributed by atoms with van der Waals surface area (Å²) < 4.78 is 2.02. The summed E-state index contributed by atoms with van der Waals surface area (Å²) in [7, 11) is 0. The van der Waals surface area contributed by atoms with Crippen LogP contribution in [0.5, 0.6) is 5.75 Å². The van der Waals surface area contributed by atoms with Crippen molar-refractivity contribution in [1.29, 1.82) is 0 Å². The van der Waals surface area contributed by atoms with E-state index in [-0.39, 0.29) is 5.75 Å². The van der Waals surface area contributed by atoms with Crippen molar-refractivity contribution in [2.24, 2.45) is 5.92 Å². The summed E-state index contributed by atoms with van der Waals surface area (Å²) in [5.74, 6) is 2.61. The molecule has 0 unspecified atom stereocenters. The van der Waals surface area contributed by atoms with E-state index < -0.39 is 0 Å². The highest BCUT2D eigenvalue weighted by atomic mass is 16.3. The van der Waals surface area contributed by atoms with E-state index in [4.69, 9.17) is 10.1 Å². The molecule has 3 aromatic rings. The topological polar surface area (TPSA) is 50.9 Å². The first kappa shape index (κ1) is 13.1. The minimum Gasteiger partial charge on any atom is -0.508 e. The number of hydrogen-bond donors (Lipinski definition) is 1. The second-order valence-electron chi connectivity index (χ2n) is 5.80. The Bertz CT molecular complexity index is 774. The zero-order chi connectivity index (χ0) is 14.9. The molecule has 2 aromatic carbocycles. The minimum absolute atomic E-state index is 0.254. The predicted octanol–water partition coefficient (Wildman–Crippen LogP) is 3.73. The molecule has 1 fully saturated rings. The zero-order valence-corrected chi connectivity index (χ0v) is 12.2. The van der Waals surface area contributed by atoms with Gasteiger partial charge in [0.15, 0.2) is 11.6 Å². The normalized spacial score (nSPS) is 14.2. The molecule has 1 N–H and O–H groups in total. The van der Waals surface area contributed by atoms with Crippen LogP contribution in [0.15, 0.2) is 54.6 Å². The van der Waals surface area contributed by atoms with Crippen molar-refractivity contribution in [2.45, 2.75) is 19.4 Å². The van der Waals surface area contributed by atoms with E-state index in [0.717, 1.165) is 29.4 Å². The van der Waals surface area contributed by atoms with Crippen LogP contribution in [0.3, 0.4) is 0 Å². The van der Waals surface area contributed by atoms with Crippen LogP contribution in [0, 0.1) is 5.92 Å². The van der Waals surface area contributed by atoms with Crippen LogP contribution in [0.4, 0.5) is 0 Å². The summed E-state index contributed by atoms with van der Waals surface area (Å²) in [6.45, 7) is 0.926. The van der Waals surface area contributed by atoms with Gasteiger partial charge in [-0.05, 0) is 43.0 Å². The van der Waals surface area contributed by atoms with Gasteiger partial charge in [0.1, 0.15) is 5.75 Å². The molecule has 110 valence electrons. The summed E-state index contributed by atoms with van der Waals surface area (Å²) in [5.41, 5.74) is 2.00. The van der Waals surface area contributed by atoms with Crippen LogP contribution < -0.4 is 0 Å². The smallest absolute Gasteiger partial charge is 0.181 e. The summed E-state index contributed by atoms with van der Waals surface area (Å²) >= 11 is 0. The largest absolute Gasteiger partial charge is 0.508 e. The number of benzene rings is 2. The Morgan fingerprint density at radius 1 is 0.955 bits per heavy atom. The van der Waals surface area contributed by atoms with Gasteiger partial charge < -0.3 is 5.11 Å². The Hall–Kier alpha value is -2.62. The molecule has 1 aromatic heterocycles. The molecule has 0 atom stereocenters. The highest BCUT2D eigenvalue weighted by molar-refractivity contribution is 5.62. The lowest BCUT2D eigenvalue weighted by Crippen LogP contribution is -2.04. The fraction of sp³-hybridized carbons (Fsp3) is 0.222. The molecule has 1 saturated carbocycles. The maximum atomic E-state index is 9.42. The molecule has 0 bridgehead atoms. The zero-order valence-electron chi connectivity index (χ0n) is 12.2. The number of rotatable bonds is 4. The maximum Gasteiger partial charge on any atom is 0.181 e. The van der Waals surface area contributed by atoms with Gasteiger partial charge in [-0.25, -0.2) is 9.67 Å². The Morgan fingerprint density at radius 2 is 1.68 bits per heavy atom. The molecule has 1 heterocycles. The molecule has 4 heteroatoms. The van der Waals surface area contributed by atoms with E-state index in [1.165, 1.54) is 12.8 Å². The number of nitrogens with zero attached hydrogens (tertiary/aromatic N) is 3. The van der Waals surface area contributed by atoms with Gasteiger partial charge in [0, 0.05) is 17.7 Å². The predicted molar refractivity (Wildman–Crippen MR) is 85.3 cm³/mol. The fourth-order valence-electron chi connectivity index (χ4n) is 2.55. The molecule has 0 amide bonds. The molecule has 22 heavy (non-hydrogen) atoms. The van der Waals surface area contributed by atoms with E-state index in [1.807, 2.05) is 35.0 Å². The number of aromatic hydroxyl groups is 1. The Kier molecular flexibility index (Phi) is 3.15. The summed E-state index contributed by atoms with van der Waals surface area (Å²) in [4.78, 5) is 4.73. The van der Waals surface area contributed by atoms with Crippen molar-refractivity contribution < 1.29 is 5.11 Å². The Morgan fingerprint density at radius 3 is 2.36 bits per heavy atom. The van der Waals surface area contributed by atoms with E-state index >= 15 is 0 Å². The van der Waals surface area contributed by atoms with Crippen molar-refractivity contribution in [2.75, 3.05) is 0 Å². The summed E-state index contributed by atoms with van der Waals surface area (Å²) in [6, 6.07) is 17.2. The molecule has 4 nitrogen and oxygen atoms in total. The number of hydrogen-bond acceptors (Lipinski definition) is 3. The number of phenolic OH excluding ortho intramolecular Hbond substituents is 1. The van der Waals surface area contributed by atoms with Crippen LogP contribution in [0.2, 0.25) is 0 Å². The van der Waals surface area contributed by atoms with Crippen LogP contribution in [-0.4, -0.2) is 19.9 Å². The van der Waals surface area contributed by atoms with Crippen LogP contribution >= 0.6 is 0 Å². The fourth-order valence-corrected chi connectivity index (χ4v) is 2.55. The lowest BCUT2D eigenvalue weighted by molar-refractivity contribution is 0.475.